The van der Waals surface area contributed by atoms with E-state index in [1.54, 1.807) is 17.7 Å². The molecule has 0 saturated carbocycles. The van der Waals surface area contributed by atoms with Gasteiger partial charge in [-0.15, -0.1) is 11.7 Å². The van der Waals surface area contributed by atoms with E-state index in [1.165, 1.54) is 0 Å². The van der Waals surface area contributed by atoms with Crippen LogP contribution in [0.1, 0.15) is 20.8 Å². The molecule has 0 saturated heterocycles. The summed E-state index contributed by atoms with van der Waals surface area (Å²) in [6.45, 7) is 6.83. The maximum absolute atomic E-state index is 9.15. The third kappa shape index (κ3) is 6.12. The zero-order valence-corrected chi connectivity index (χ0v) is 11.3. The number of thiol groups is 2. The lowest BCUT2D eigenvalue weighted by molar-refractivity contribution is 0.186. The van der Waals surface area contributed by atoms with Gasteiger partial charge in [-0.2, -0.15) is 0 Å². The fourth-order valence-electron chi connectivity index (χ4n) is 0.780. The average molecular weight is 243 g/mol. The van der Waals surface area contributed by atoms with Gasteiger partial charge in [0.2, 0.25) is 0 Å². The van der Waals surface area contributed by atoms with Crippen LogP contribution in [0, 0.1) is 0 Å². The summed E-state index contributed by atoms with van der Waals surface area (Å²) in [6, 6.07) is 0. The second-order valence-corrected chi connectivity index (χ2v) is 8.32. The monoisotopic (exact) mass is 243 g/mol. The molecule has 0 aliphatic rings. The quantitative estimate of drug-likeness (QED) is 0.424. The van der Waals surface area contributed by atoms with Crippen LogP contribution in [-0.4, -0.2) is 34.0 Å². The number of nitrogens with one attached hydrogen (secondary N) is 1. The van der Waals surface area contributed by atoms with Crippen LogP contribution in [0.2, 0.25) is 0 Å². The van der Waals surface area contributed by atoms with Crippen molar-refractivity contribution in [2.45, 2.75) is 31.7 Å². The Morgan fingerprint density at radius 1 is 1.62 bits per heavy atom. The third-order valence-corrected chi connectivity index (χ3v) is 7.15. The minimum Gasteiger partial charge on any atom is -0.392 e. The molecule has 5 heteroatoms. The Labute approximate surface area is 93.4 Å². The molecule has 0 bridgehead atoms. The molecule has 2 nitrogen and oxygen atoms in total. The fourth-order valence-corrected chi connectivity index (χ4v) is 4.68. The molecule has 0 aromatic rings. The van der Waals surface area contributed by atoms with Gasteiger partial charge in [-0.05, 0) is 27.0 Å². The molecular formula is C8H21NOS3. The van der Waals surface area contributed by atoms with Crippen molar-refractivity contribution < 1.29 is 5.11 Å². The summed E-state index contributed by atoms with van der Waals surface area (Å²) in [4.78, 5) is 0.127. The number of aliphatic hydroxyl groups is 1. The van der Waals surface area contributed by atoms with Crippen molar-refractivity contribution in [2.75, 3.05) is 17.9 Å². The Balaban J connectivity index is 3.90. The van der Waals surface area contributed by atoms with Gasteiger partial charge >= 0.3 is 0 Å². The topological polar surface area (TPSA) is 32.3 Å². The van der Waals surface area contributed by atoms with Crippen LogP contribution >= 0.6 is 33.3 Å². The zero-order chi connectivity index (χ0) is 10.5. The molecule has 0 radical (unpaired) electrons. The molecule has 82 valence electrons. The predicted octanol–water partition coefficient (Wildman–Crippen LogP) is 1.86. The molecule has 0 amide bonds. The largest absolute Gasteiger partial charge is 0.392 e. The average Bonchev–Trinajstić information content (AvgIpc) is 2.01. The smallest absolute Gasteiger partial charge is 0.0636 e. The Morgan fingerprint density at radius 2 is 2.15 bits per heavy atom. The first kappa shape index (κ1) is 14.0. The number of hydrogen-bond acceptors (Lipinski definition) is 4. The Kier molecular flexibility index (Phi) is 6.93. The number of rotatable bonds is 6. The zero-order valence-electron chi connectivity index (χ0n) is 8.74. The highest BCUT2D eigenvalue weighted by molar-refractivity contribution is 8.71. The minimum atomic E-state index is -0.272. The standard InChI is InChI=1S/C8H21NOS3/c1-7(10)5-9-8(2,3)13(4)6-12-11/h7,9-11,13H,5-6H2,1-4H3. The highest BCUT2D eigenvalue weighted by atomic mass is 33.1. The lowest BCUT2D eigenvalue weighted by atomic mass is 10.3. The van der Waals surface area contributed by atoms with Gasteiger partial charge in [0, 0.05) is 16.5 Å². The predicted molar refractivity (Wildman–Crippen MR) is 70.1 cm³/mol. The van der Waals surface area contributed by atoms with Gasteiger partial charge in [0.1, 0.15) is 0 Å². The highest BCUT2D eigenvalue weighted by Gasteiger charge is 2.21. The third-order valence-electron chi connectivity index (χ3n) is 2.04. The van der Waals surface area contributed by atoms with Crippen LogP contribution in [0.25, 0.3) is 0 Å². The molecule has 0 aliphatic heterocycles. The van der Waals surface area contributed by atoms with Gasteiger partial charge in [0.05, 0.1) is 6.10 Å². The summed E-state index contributed by atoms with van der Waals surface area (Å²) in [6.07, 6.45) is 1.99. The van der Waals surface area contributed by atoms with Crippen molar-refractivity contribution in [2.24, 2.45) is 0 Å². The second kappa shape index (κ2) is 6.45. The van der Waals surface area contributed by atoms with E-state index in [9.17, 15) is 0 Å². The van der Waals surface area contributed by atoms with E-state index in [4.69, 9.17) is 5.11 Å². The summed E-state index contributed by atoms with van der Waals surface area (Å²) in [5.74, 6) is 0. The SMILES string of the molecule is CC(O)CNC(C)(C)[SH](C)CSS. The normalized spacial score (nSPS) is 18.5. The molecular weight excluding hydrogens is 222 g/mol. The Bertz CT molecular complexity index is 141. The minimum absolute atomic E-state index is 0.0902. The van der Waals surface area contributed by atoms with E-state index in [1.807, 2.05) is 0 Å². The first-order valence-electron chi connectivity index (χ1n) is 4.31. The van der Waals surface area contributed by atoms with E-state index >= 15 is 0 Å². The maximum Gasteiger partial charge on any atom is 0.0636 e. The highest BCUT2D eigenvalue weighted by Crippen LogP contribution is 2.39. The van der Waals surface area contributed by atoms with Crippen LogP contribution in [0.5, 0.6) is 0 Å². The van der Waals surface area contributed by atoms with Crippen LogP contribution in [0.4, 0.5) is 0 Å². The maximum atomic E-state index is 9.15. The van der Waals surface area contributed by atoms with E-state index in [-0.39, 0.29) is 21.9 Å². The van der Waals surface area contributed by atoms with Crippen LogP contribution in [0.3, 0.4) is 0 Å². The van der Waals surface area contributed by atoms with E-state index in [0.717, 1.165) is 5.08 Å². The summed E-state index contributed by atoms with van der Waals surface area (Å²) in [5.41, 5.74) is 0. The van der Waals surface area contributed by atoms with Gasteiger partial charge in [-0.25, -0.2) is 10.9 Å². The first-order valence-corrected chi connectivity index (χ1v) is 8.32. The summed E-state index contributed by atoms with van der Waals surface area (Å²) < 4.78 is 0. The van der Waals surface area contributed by atoms with Gasteiger partial charge in [0.25, 0.3) is 0 Å². The van der Waals surface area contributed by atoms with Crippen molar-refractivity contribution in [3.8, 4) is 0 Å². The fraction of sp³-hybridized carbons (Fsp3) is 1.00. The summed E-state index contributed by atoms with van der Waals surface area (Å²) in [7, 11) is 1.50. The molecule has 0 aliphatic carbocycles. The van der Waals surface area contributed by atoms with Crippen LogP contribution in [0.15, 0.2) is 0 Å². The molecule has 2 N–H and O–H groups in total. The van der Waals surface area contributed by atoms with Gasteiger partial charge in [0.15, 0.2) is 0 Å². The molecule has 0 heterocycles. The Hall–Kier alpha value is 0.970. The van der Waals surface area contributed by atoms with Crippen LogP contribution in [-0.2, 0) is 0 Å². The number of aliphatic hydroxyl groups excluding tert-OH is 1. The van der Waals surface area contributed by atoms with E-state index in [0.29, 0.717) is 6.54 Å². The lowest BCUT2D eigenvalue weighted by Gasteiger charge is -2.36. The van der Waals surface area contributed by atoms with E-state index < -0.39 is 0 Å². The van der Waals surface area contributed by atoms with Gasteiger partial charge in [-0.1, -0.05) is 10.8 Å². The number of hydrogen-bond donors (Lipinski definition) is 4. The molecule has 2 atom stereocenters. The summed E-state index contributed by atoms with van der Waals surface area (Å²) in [5, 5.41) is 13.6. The molecule has 0 aromatic heterocycles. The van der Waals surface area contributed by atoms with Crippen molar-refractivity contribution in [1.82, 2.24) is 5.32 Å². The molecule has 13 heavy (non-hydrogen) atoms. The molecule has 2 unspecified atom stereocenters. The Morgan fingerprint density at radius 3 is 2.54 bits per heavy atom. The van der Waals surface area contributed by atoms with Crippen molar-refractivity contribution in [3.05, 3.63) is 0 Å². The molecule has 0 spiro atoms. The lowest BCUT2D eigenvalue weighted by Crippen LogP contribution is -2.42. The molecule has 0 rings (SSSR count). The van der Waals surface area contributed by atoms with Crippen molar-refractivity contribution in [1.29, 1.82) is 0 Å². The summed E-state index contributed by atoms with van der Waals surface area (Å²) >= 11 is 4.16. The van der Waals surface area contributed by atoms with Crippen LogP contribution < -0.4 is 5.32 Å². The van der Waals surface area contributed by atoms with E-state index in [2.05, 4.69) is 37.1 Å². The van der Waals surface area contributed by atoms with Crippen molar-refractivity contribution in [3.63, 3.8) is 0 Å². The van der Waals surface area contributed by atoms with Gasteiger partial charge < -0.3 is 10.4 Å². The first-order chi connectivity index (χ1) is 5.90. The van der Waals surface area contributed by atoms with Crippen molar-refractivity contribution >= 4 is 33.3 Å². The molecule has 0 aromatic carbocycles. The second-order valence-electron chi connectivity index (χ2n) is 3.75. The molecule has 0 fully saturated rings. The van der Waals surface area contributed by atoms with Gasteiger partial charge in [-0.3, -0.25) is 0 Å².